The van der Waals surface area contributed by atoms with Gasteiger partial charge in [0, 0.05) is 31.8 Å². The van der Waals surface area contributed by atoms with Crippen molar-refractivity contribution in [2.24, 2.45) is 0 Å². The van der Waals surface area contributed by atoms with E-state index >= 15 is 0 Å². The van der Waals surface area contributed by atoms with E-state index in [0.717, 1.165) is 17.4 Å². The predicted octanol–water partition coefficient (Wildman–Crippen LogP) is 2.81. The van der Waals surface area contributed by atoms with E-state index in [2.05, 4.69) is 5.32 Å². The molecular formula is C20H25N3O6S. The van der Waals surface area contributed by atoms with Crippen LogP contribution in [0.1, 0.15) is 12.0 Å². The van der Waals surface area contributed by atoms with Crippen molar-refractivity contribution in [3.63, 3.8) is 0 Å². The molecule has 1 aliphatic heterocycles. The van der Waals surface area contributed by atoms with Crippen LogP contribution in [0.3, 0.4) is 0 Å². The van der Waals surface area contributed by atoms with E-state index in [0.29, 0.717) is 38.5 Å². The molecule has 0 bridgehead atoms. The van der Waals surface area contributed by atoms with Crippen LogP contribution in [0, 0.1) is 17.0 Å². The molecule has 9 nitrogen and oxygen atoms in total. The fourth-order valence-corrected chi connectivity index (χ4v) is 4.70. The van der Waals surface area contributed by atoms with Crippen molar-refractivity contribution < 1.29 is 22.8 Å². The number of non-ortho nitro benzene ring substituents is 1. The quantitative estimate of drug-likeness (QED) is 0.366. The highest BCUT2D eigenvalue weighted by Gasteiger charge is 2.30. The number of nitro groups is 1. The minimum Gasteiger partial charge on any atom is -0.494 e. The fraction of sp³-hybridized carbons (Fsp3) is 0.400. The monoisotopic (exact) mass is 435 g/mol. The zero-order chi connectivity index (χ0) is 21.6. The molecule has 0 amide bonds. The Balaban J connectivity index is 1.68. The Labute approximate surface area is 175 Å². The number of benzene rings is 2. The molecule has 1 saturated heterocycles. The lowest BCUT2D eigenvalue weighted by molar-refractivity contribution is -0.385. The van der Waals surface area contributed by atoms with Crippen molar-refractivity contribution in [3.05, 3.63) is 58.1 Å². The van der Waals surface area contributed by atoms with Gasteiger partial charge in [0.25, 0.3) is 5.69 Å². The van der Waals surface area contributed by atoms with Crippen molar-refractivity contribution in [1.82, 2.24) is 4.31 Å². The number of morpholine rings is 1. The SMILES string of the molecule is Cc1cccc(OCCCNc2ccc([N+](=O)[O-])cc2S(=O)(=O)N2CCOCC2)c1. The molecule has 1 N–H and O–H groups in total. The minimum atomic E-state index is -3.88. The van der Waals surface area contributed by atoms with Gasteiger partial charge in [-0.05, 0) is 37.1 Å². The van der Waals surface area contributed by atoms with E-state index in [1.165, 1.54) is 16.4 Å². The Morgan fingerprint density at radius 2 is 1.97 bits per heavy atom. The second kappa shape index (κ2) is 9.88. The maximum Gasteiger partial charge on any atom is 0.270 e. The molecule has 30 heavy (non-hydrogen) atoms. The second-order valence-electron chi connectivity index (χ2n) is 6.90. The molecule has 0 atom stereocenters. The Morgan fingerprint density at radius 3 is 2.67 bits per heavy atom. The number of nitrogens with one attached hydrogen (secondary N) is 1. The number of sulfonamides is 1. The molecule has 3 rings (SSSR count). The topological polar surface area (TPSA) is 111 Å². The average molecular weight is 436 g/mol. The lowest BCUT2D eigenvalue weighted by Crippen LogP contribution is -2.40. The van der Waals surface area contributed by atoms with Crippen LogP contribution < -0.4 is 10.1 Å². The predicted molar refractivity (Wildman–Crippen MR) is 112 cm³/mol. The van der Waals surface area contributed by atoms with Crippen LogP contribution in [0.2, 0.25) is 0 Å². The molecule has 1 heterocycles. The lowest BCUT2D eigenvalue weighted by Gasteiger charge is -2.27. The van der Waals surface area contributed by atoms with Crippen molar-refractivity contribution >= 4 is 21.4 Å². The van der Waals surface area contributed by atoms with Crippen LogP contribution >= 0.6 is 0 Å². The van der Waals surface area contributed by atoms with Gasteiger partial charge in [-0.1, -0.05) is 12.1 Å². The normalized spacial score (nSPS) is 15.0. The van der Waals surface area contributed by atoms with Crippen molar-refractivity contribution in [1.29, 1.82) is 0 Å². The van der Waals surface area contributed by atoms with Crippen LogP contribution in [0.5, 0.6) is 5.75 Å². The van der Waals surface area contributed by atoms with Gasteiger partial charge in [0.1, 0.15) is 10.6 Å². The maximum atomic E-state index is 13.1. The van der Waals surface area contributed by atoms with Crippen molar-refractivity contribution in [2.75, 3.05) is 44.8 Å². The zero-order valence-electron chi connectivity index (χ0n) is 16.7. The molecule has 10 heteroatoms. The Morgan fingerprint density at radius 1 is 1.20 bits per heavy atom. The van der Waals surface area contributed by atoms with Gasteiger partial charge in [-0.25, -0.2) is 8.42 Å². The van der Waals surface area contributed by atoms with Crippen LogP contribution in [0.4, 0.5) is 11.4 Å². The summed E-state index contributed by atoms with van der Waals surface area (Å²) in [4.78, 5) is 10.5. The lowest BCUT2D eigenvalue weighted by atomic mass is 10.2. The molecule has 0 aliphatic carbocycles. The highest BCUT2D eigenvalue weighted by Crippen LogP contribution is 2.29. The van der Waals surface area contributed by atoms with E-state index < -0.39 is 14.9 Å². The standard InChI is InChI=1S/C20H25N3O6S/c1-16-4-2-5-18(14-16)29-11-3-8-21-19-7-6-17(23(24)25)15-20(19)30(26,27)22-9-12-28-13-10-22/h2,4-7,14-15,21H,3,8-13H2,1H3. The summed E-state index contributed by atoms with van der Waals surface area (Å²) in [6.07, 6.45) is 0.627. The summed E-state index contributed by atoms with van der Waals surface area (Å²) < 4.78 is 38.3. The highest BCUT2D eigenvalue weighted by atomic mass is 32.2. The van der Waals surface area contributed by atoms with Gasteiger partial charge >= 0.3 is 0 Å². The van der Waals surface area contributed by atoms with Gasteiger partial charge in [-0.15, -0.1) is 0 Å². The molecule has 1 aliphatic rings. The molecule has 2 aromatic rings. The summed E-state index contributed by atoms with van der Waals surface area (Å²) in [5.41, 5.74) is 1.17. The summed E-state index contributed by atoms with van der Waals surface area (Å²) in [6, 6.07) is 11.6. The second-order valence-corrected chi connectivity index (χ2v) is 8.81. The first-order valence-corrected chi connectivity index (χ1v) is 11.1. The molecule has 1 fully saturated rings. The number of anilines is 1. The van der Waals surface area contributed by atoms with E-state index in [1.54, 1.807) is 0 Å². The minimum absolute atomic E-state index is 0.0989. The molecular weight excluding hydrogens is 410 g/mol. The summed E-state index contributed by atoms with van der Waals surface area (Å²) in [6.45, 7) is 3.92. The maximum absolute atomic E-state index is 13.1. The largest absolute Gasteiger partial charge is 0.494 e. The van der Waals surface area contributed by atoms with Gasteiger partial charge < -0.3 is 14.8 Å². The Bertz CT molecular complexity index is 990. The number of ether oxygens (including phenoxy) is 2. The first-order chi connectivity index (χ1) is 14.4. The summed E-state index contributed by atoms with van der Waals surface area (Å²) in [7, 11) is -3.88. The number of hydrogen-bond acceptors (Lipinski definition) is 7. The molecule has 0 unspecified atom stereocenters. The molecule has 0 aromatic heterocycles. The smallest absolute Gasteiger partial charge is 0.270 e. The van der Waals surface area contributed by atoms with E-state index in [9.17, 15) is 18.5 Å². The molecule has 0 spiro atoms. The number of nitrogens with zero attached hydrogens (tertiary/aromatic N) is 2. The third-order valence-electron chi connectivity index (χ3n) is 4.66. The number of hydrogen-bond donors (Lipinski definition) is 1. The first-order valence-electron chi connectivity index (χ1n) is 9.67. The third kappa shape index (κ3) is 5.47. The average Bonchev–Trinajstić information content (AvgIpc) is 2.74. The Hall–Kier alpha value is -2.69. The zero-order valence-corrected chi connectivity index (χ0v) is 17.6. The van der Waals surface area contributed by atoms with E-state index in [4.69, 9.17) is 9.47 Å². The first kappa shape index (κ1) is 22.0. The van der Waals surface area contributed by atoms with Crippen LogP contribution in [-0.2, 0) is 14.8 Å². The van der Waals surface area contributed by atoms with Gasteiger partial charge in [0.05, 0.1) is 30.4 Å². The van der Waals surface area contributed by atoms with Crippen LogP contribution in [0.25, 0.3) is 0 Å². The summed E-state index contributed by atoms with van der Waals surface area (Å²) in [5.74, 6) is 0.779. The summed E-state index contributed by atoms with van der Waals surface area (Å²) >= 11 is 0. The van der Waals surface area contributed by atoms with Crippen LogP contribution in [0.15, 0.2) is 47.4 Å². The number of rotatable bonds is 9. The van der Waals surface area contributed by atoms with Gasteiger partial charge in [-0.2, -0.15) is 4.31 Å². The molecule has 162 valence electrons. The molecule has 0 saturated carbocycles. The van der Waals surface area contributed by atoms with E-state index in [-0.39, 0.29) is 23.7 Å². The van der Waals surface area contributed by atoms with Gasteiger partial charge in [0.15, 0.2) is 0 Å². The molecule has 0 radical (unpaired) electrons. The Kier molecular flexibility index (Phi) is 7.24. The number of nitro benzene ring substituents is 1. The van der Waals surface area contributed by atoms with Gasteiger partial charge in [-0.3, -0.25) is 10.1 Å². The fourth-order valence-electron chi connectivity index (χ4n) is 3.10. The van der Waals surface area contributed by atoms with Crippen molar-refractivity contribution in [2.45, 2.75) is 18.2 Å². The third-order valence-corrected chi connectivity index (χ3v) is 6.60. The van der Waals surface area contributed by atoms with Gasteiger partial charge in [0.2, 0.25) is 10.0 Å². The summed E-state index contributed by atoms with van der Waals surface area (Å²) in [5, 5.41) is 14.2. The molecule has 2 aromatic carbocycles. The number of aryl methyl sites for hydroxylation is 1. The van der Waals surface area contributed by atoms with Crippen molar-refractivity contribution in [3.8, 4) is 5.75 Å². The van der Waals surface area contributed by atoms with E-state index in [1.807, 2.05) is 31.2 Å². The highest BCUT2D eigenvalue weighted by molar-refractivity contribution is 7.89. The van der Waals surface area contributed by atoms with Crippen LogP contribution in [-0.4, -0.2) is 57.1 Å².